The Morgan fingerprint density at radius 1 is 1.40 bits per heavy atom. The quantitative estimate of drug-likeness (QED) is 0.233. The van der Waals surface area contributed by atoms with E-state index in [9.17, 15) is 9.70 Å². The molecule has 8 nitrogen and oxygen atoms in total. The second kappa shape index (κ2) is 7.85. The molecule has 0 aliphatic rings. The lowest BCUT2D eigenvalue weighted by Crippen LogP contribution is -2.45. The number of nitrogens with two attached hydrogens (primary N) is 2. The van der Waals surface area contributed by atoms with Gasteiger partial charge in [-0.2, -0.15) is 0 Å². The van der Waals surface area contributed by atoms with Crippen molar-refractivity contribution in [2.75, 3.05) is 11.6 Å². The topological polar surface area (TPSA) is 139 Å². The van der Waals surface area contributed by atoms with E-state index in [4.69, 9.17) is 16.9 Å². The Morgan fingerprint density at radius 3 is 2.60 bits per heavy atom. The number of hydrogen-bond donors (Lipinski definition) is 4. The van der Waals surface area contributed by atoms with E-state index in [2.05, 4.69) is 10.6 Å². The second-order valence-electron chi connectivity index (χ2n) is 4.16. The molecule has 1 radical (unpaired) electrons. The number of nitroso groups, excluding NO2 is 1. The number of rotatable bonds is 7. The molecule has 0 aliphatic heterocycles. The minimum absolute atomic E-state index is 0.134. The molecule has 0 spiro atoms. The zero-order valence-electron chi connectivity index (χ0n) is 11.0. The van der Waals surface area contributed by atoms with Crippen LogP contribution in [0.2, 0.25) is 0 Å². The molecule has 1 amide bonds. The normalized spacial score (nSPS) is 11.4. The van der Waals surface area contributed by atoms with Crippen molar-refractivity contribution in [1.82, 2.24) is 10.6 Å². The number of carbonyl (C=O) groups excluding carboxylic acids is 1. The number of amides is 1. The molecule has 0 aromatic heterocycles. The minimum atomic E-state index is -0.832. The third-order valence-corrected chi connectivity index (χ3v) is 2.62. The lowest BCUT2D eigenvalue weighted by molar-refractivity contribution is -0.120. The predicted molar refractivity (Wildman–Crippen MR) is 76.6 cm³/mol. The first kappa shape index (κ1) is 15.6. The second-order valence-corrected chi connectivity index (χ2v) is 4.16. The standard InChI is InChI=1S/C12H18N6O2/c13-10(7-4-8-16-12(14)15)11(19)18(17-20)9-5-2-1-3-6-9/h1-3,5-6,10H,4,7-8,13H2,(H4,14,15,16)/q+1/t10-/m0/s1. The molecule has 107 valence electrons. The van der Waals surface area contributed by atoms with E-state index in [1.165, 1.54) is 0 Å². The van der Waals surface area contributed by atoms with Gasteiger partial charge in [0.2, 0.25) is 0 Å². The molecule has 1 aromatic carbocycles. The van der Waals surface area contributed by atoms with Crippen LogP contribution in [0.1, 0.15) is 12.8 Å². The van der Waals surface area contributed by atoms with Crippen molar-refractivity contribution in [1.29, 1.82) is 5.41 Å². The van der Waals surface area contributed by atoms with Crippen molar-refractivity contribution in [3.8, 4) is 0 Å². The highest BCUT2D eigenvalue weighted by Crippen LogP contribution is 2.12. The van der Waals surface area contributed by atoms with Crippen molar-refractivity contribution in [2.45, 2.75) is 18.9 Å². The molecule has 0 fully saturated rings. The summed E-state index contributed by atoms with van der Waals surface area (Å²) in [6, 6.07) is 7.53. The average molecular weight is 278 g/mol. The molecule has 0 heterocycles. The van der Waals surface area contributed by atoms with Gasteiger partial charge in [-0.1, -0.05) is 18.2 Å². The molecule has 0 saturated carbocycles. The monoisotopic (exact) mass is 278 g/mol. The van der Waals surface area contributed by atoms with E-state index in [0.29, 0.717) is 25.1 Å². The molecular weight excluding hydrogens is 260 g/mol. The Hall–Kier alpha value is -2.48. The third kappa shape index (κ3) is 4.65. The Bertz CT molecular complexity index is 464. The van der Waals surface area contributed by atoms with Crippen LogP contribution >= 0.6 is 0 Å². The zero-order chi connectivity index (χ0) is 15.0. The summed E-state index contributed by atoms with van der Waals surface area (Å²) >= 11 is 0. The first-order valence-electron chi connectivity index (χ1n) is 6.12. The fourth-order valence-electron chi connectivity index (χ4n) is 1.61. The Balaban J connectivity index is 2.54. The molecular formula is C12H18N6O2+. The number of nitrogens with one attached hydrogen (secondary N) is 2. The number of carbonyl (C=O) groups is 1. The molecule has 0 unspecified atom stereocenters. The Kier molecular flexibility index (Phi) is 6.11. The van der Waals surface area contributed by atoms with Crippen molar-refractivity contribution in [3.05, 3.63) is 35.2 Å². The van der Waals surface area contributed by atoms with Crippen LogP contribution in [0.15, 0.2) is 30.3 Å². The molecule has 1 aromatic rings. The van der Waals surface area contributed by atoms with E-state index in [0.717, 1.165) is 5.01 Å². The molecule has 0 saturated heterocycles. The van der Waals surface area contributed by atoms with Crippen molar-refractivity contribution in [3.63, 3.8) is 0 Å². The summed E-state index contributed by atoms with van der Waals surface area (Å²) in [4.78, 5) is 22.8. The van der Waals surface area contributed by atoms with Gasteiger partial charge in [-0.15, -0.1) is 0 Å². The van der Waals surface area contributed by atoms with E-state index in [-0.39, 0.29) is 5.96 Å². The summed E-state index contributed by atoms with van der Waals surface area (Å²) < 4.78 is 0. The van der Waals surface area contributed by atoms with Crippen LogP contribution in [0.3, 0.4) is 0 Å². The van der Waals surface area contributed by atoms with Gasteiger partial charge in [0, 0.05) is 11.6 Å². The first-order valence-corrected chi connectivity index (χ1v) is 6.12. The van der Waals surface area contributed by atoms with Crippen LogP contribution in [0.4, 0.5) is 5.69 Å². The van der Waals surface area contributed by atoms with E-state index in [1.807, 2.05) is 0 Å². The minimum Gasteiger partial charge on any atom is -0.370 e. The SMILES string of the molecule is N=C(N)NCCC[C@H](N)C(=O)N([N+]=O)c1ccccc1. The molecule has 0 aliphatic carbocycles. The maximum Gasteiger partial charge on any atom is 0.494 e. The van der Waals surface area contributed by atoms with Gasteiger partial charge < -0.3 is 16.8 Å². The summed E-state index contributed by atoms with van der Waals surface area (Å²) in [6.07, 6.45) is 0.909. The van der Waals surface area contributed by atoms with Gasteiger partial charge in [-0.25, -0.2) is 0 Å². The van der Waals surface area contributed by atoms with Crippen LogP contribution in [-0.2, 0) is 4.79 Å². The highest BCUT2D eigenvalue weighted by Gasteiger charge is 2.32. The van der Waals surface area contributed by atoms with Gasteiger partial charge in [0.15, 0.2) is 5.96 Å². The smallest absolute Gasteiger partial charge is 0.370 e. The van der Waals surface area contributed by atoms with Crippen molar-refractivity contribution >= 4 is 17.6 Å². The van der Waals surface area contributed by atoms with Crippen LogP contribution in [0.25, 0.3) is 0 Å². The summed E-state index contributed by atoms with van der Waals surface area (Å²) in [7, 11) is 0. The number of benzene rings is 1. The Morgan fingerprint density at radius 2 is 2.05 bits per heavy atom. The number of hydrogen-bond acceptors (Lipinski definition) is 5. The summed E-state index contributed by atoms with van der Waals surface area (Å²) in [5.41, 5.74) is 11.2. The highest BCUT2D eigenvalue weighted by molar-refractivity contribution is 5.95. The van der Waals surface area contributed by atoms with E-state index < -0.39 is 11.9 Å². The van der Waals surface area contributed by atoms with Crippen LogP contribution < -0.4 is 27.1 Å². The van der Waals surface area contributed by atoms with E-state index in [1.54, 1.807) is 30.3 Å². The van der Waals surface area contributed by atoms with Gasteiger partial charge in [0.05, 0.1) is 6.04 Å². The number of para-hydroxylation sites is 1. The van der Waals surface area contributed by atoms with Crippen LogP contribution in [-0.4, -0.2) is 24.5 Å². The lowest BCUT2D eigenvalue weighted by atomic mass is 10.1. The van der Waals surface area contributed by atoms with Gasteiger partial charge in [-0.05, 0) is 25.0 Å². The molecule has 6 N–H and O–H groups in total. The first-order chi connectivity index (χ1) is 9.56. The maximum absolute atomic E-state index is 12.0. The molecule has 8 heteroatoms. The molecule has 1 atom stereocenters. The zero-order valence-corrected chi connectivity index (χ0v) is 11.0. The Labute approximate surface area is 116 Å². The van der Waals surface area contributed by atoms with Crippen molar-refractivity contribution < 1.29 is 4.79 Å². The highest BCUT2D eigenvalue weighted by atomic mass is 16.3. The van der Waals surface area contributed by atoms with Crippen LogP contribution in [0.5, 0.6) is 0 Å². The summed E-state index contributed by atoms with van der Waals surface area (Å²) in [5, 5.41) is 13.1. The maximum atomic E-state index is 12.0. The van der Waals surface area contributed by atoms with Gasteiger partial charge in [0.1, 0.15) is 10.6 Å². The van der Waals surface area contributed by atoms with Crippen LogP contribution in [0, 0.1) is 10.3 Å². The largest absolute Gasteiger partial charge is 0.494 e. The summed E-state index contributed by atoms with van der Waals surface area (Å²) in [6.45, 7) is 0.441. The summed E-state index contributed by atoms with van der Waals surface area (Å²) in [5.74, 6) is -0.695. The fraction of sp³-hybridized carbons (Fsp3) is 0.333. The van der Waals surface area contributed by atoms with Crippen molar-refractivity contribution in [2.24, 2.45) is 11.5 Å². The molecule has 1 rings (SSSR count). The molecule has 0 bridgehead atoms. The average Bonchev–Trinajstić information content (AvgIpc) is 2.45. The number of anilines is 1. The predicted octanol–water partition coefficient (Wildman–Crippen LogP) is -0.373. The molecule has 20 heavy (non-hydrogen) atoms. The van der Waals surface area contributed by atoms with Gasteiger partial charge in [-0.3, -0.25) is 10.2 Å². The number of nitrogens with zero attached hydrogens (tertiary/aromatic N) is 2. The van der Waals surface area contributed by atoms with Gasteiger partial charge in [0.25, 0.3) is 0 Å². The fourth-order valence-corrected chi connectivity index (χ4v) is 1.61. The van der Waals surface area contributed by atoms with E-state index >= 15 is 0 Å². The van der Waals surface area contributed by atoms with Gasteiger partial charge >= 0.3 is 11.2 Å². The lowest BCUT2D eigenvalue weighted by Gasteiger charge is -2.11. The third-order valence-electron chi connectivity index (χ3n) is 2.62. The number of guanidine groups is 1.